The fourth-order valence-electron chi connectivity index (χ4n) is 1.35. The van der Waals surface area contributed by atoms with Crippen molar-refractivity contribution in [3.63, 3.8) is 0 Å². The first-order chi connectivity index (χ1) is 8.74. The maximum Gasteiger partial charge on any atom is 0.218 e. The van der Waals surface area contributed by atoms with Crippen LogP contribution in [0, 0.1) is 0 Å². The zero-order valence-corrected chi connectivity index (χ0v) is 10.4. The standard InChI is InChI=1S/C12H15N5O/c1-9(2)18-12-5-11(16-8-17-12)14-6-10-3-4-13-7-15-10/h3-5,7-9H,6H2,1-2H3,(H,14,16,17). The van der Waals surface area contributed by atoms with Crippen LogP contribution in [-0.4, -0.2) is 26.0 Å². The van der Waals surface area contributed by atoms with Crippen molar-refractivity contribution in [1.29, 1.82) is 0 Å². The molecule has 2 aromatic heterocycles. The average Bonchev–Trinajstić information content (AvgIpc) is 2.37. The Morgan fingerprint density at radius 1 is 1.22 bits per heavy atom. The molecule has 2 heterocycles. The SMILES string of the molecule is CC(C)Oc1cc(NCc2ccncn2)ncn1. The Kier molecular flexibility index (Phi) is 4.01. The van der Waals surface area contributed by atoms with Crippen molar-refractivity contribution in [3.05, 3.63) is 36.7 Å². The molecule has 0 aromatic carbocycles. The van der Waals surface area contributed by atoms with Gasteiger partial charge in [0.1, 0.15) is 18.5 Å². The van der Waals surface area contributed by atoms with Crippen molar-refractivity contribution in [1.82, 2.24) is 19.9 Å². The number of hydrogen-bond donors (Lipinski definition) is 1. The summed E-state index contributed by atoms with van der Waals surface area (Å²) < 4.78 is 5.49. The first-order valence-corrected chi connectivity index (χ1v) is 5.71. The highest BCUT2D eigenvalue weighted by Gasteiger charge is 2.02. The molecule has 0 aliphatic heterocycles. The van der Waals surface area contributed by atoms with Crippen LogP contribution < -0.4 is 10.1 Å². The van der Waals surface area contributed by atoms with Gasteiger partial charge < -0.3 is 10.1 Å². The van der Waals surface area contributed by atoms with E-state index in [-0.39, 0.29) is 6.10 Å². The van der Waals surface area contributed by atoms with Crippen LogP contribution >= 0.6 is 0 Å². The first kappa shape index (κ1) is 12.2. The molecule has 0 saturated heterocycles. The fourth-order valence-corrected chi connectivity index (χ4v) is 1.35. The molecule has 0 aliphatic carbocycles. The van der Waals surface area contributed by atoms with Gasteiger partial charge in [-0.3, -0.25) is 0 Å². The summed E-state index contributed by atoms with van der Waals surface area (Å²) in [6.45, 7) is 4.49. The Labute approximate surface area is 105 Å². The molecule has 0 amide bonds. The van der Waals surface area contributed by atoms with Gasteiger partial charge in [0, 0.05) is 12.3 Å². The van der Waals surface area contributed by atoms with Crippen LogP contribution in [0.5, 0.6) is 5.88 Å². The van der Waals surface area contributed by atoms with Crippen LogP contribution in [0.2, 0.25) is 0 Å². The van der Waals surface area contributed by atoms with Crippen LogP contribution in [-0.2, 0) is 6.54 Å². The minimum atomic E-state index is 0.0922. The van der Waals surface area contributed by atoms with E-state index in [1.807, 2.05) is 19.9 Å². The van der Waals surface area contributed by atoms with Crippen LogP contribution in [0.15, 0.2) is 31.0 Å². The maximum absolute atomic E-state index is 5.49. The number of nitrogens with one attached hydrogen (secondary N) is 1. The van der Waals surface area contributed by atoms with Gasteiger partial charge in [-0.05, 0) is 19.9 Å². The van der Waals surface area contributed by atoms with Crippen LogP contribution in [0.25, 0.3) is 0 Å². The number of aromatic nitrogens is 4. The zero-order valence-electron chi connectivity index (χ0n) is 10.4. The van der Waals surface area contributed by atoms with E-state index in [2.05, 4.69) is 25.3 Å². The van der Waals surface area contributed by atoms with Gasteiger partial charge >= 0.3 is 0 Å². The largest absolute Gasteiger partial charge is 0.475 e. The van der Waals surface area contributed by atoms with Gasteiger partial charge in [-0.2, -0.15) is 0 Å². The maximum atomic E-state index is 5.49. The van der Waals surface area contributed by atoms with Crippen molar-refractivity contribution < 1.29 is 4.74 Å². The van der Waals surface area contributed by atoms with Crippen molar-refractivity contribution >= 4 is 5.82 Å². The molecule has 94 valence electrons. The summed E-state index contributed by atoms with van der Waals surface area (Å²) in [5, 5.41) is 3.15. The minimum absolute atomic E-state index is 0.0922. The molecule has 0 spiro atoms. The van der Waals surface area contributed by atoms with Gasteiger partial charge in [0.25, 0.3) is 0 Å². The summed E-state index contributed by atoms with van der Waals surface area (Å²) in [5.41, 5.74) is 0.898. The molecule has 0 saturated carbocycles. The van der Waals surface area contributed by atoms with E-state index in [0.717, 1.165) is 5.69 Å². The molecule has 6 heteroatoms. The lowest BCUT2D eigenvalue weighted by molar-refractivity contribution is 0.232. The number of hydrogen-bond acceptors (Lipinski definition) is 6. The first-order valence-electron chi connectivity index (χ1n) is 5.71. The van der Waals surface area contributed by atoms with Gasteiger partial charge in [0.05, 0.1) is 18.3 Å². The molecular formula is C12H15N5O. The van der Waals surface area contributed by atoms with E-state index in [9.17, 15) is 0 Å². The van der Waals surface area contributed by atoms with Gasteiger partial charge in [-0.25, -0.2) is 19.9 Å². The second-order valence-corrected chi connectivity index (χ2v) is 3.96. The predicted octanol–water partition coefficient (Wildman–Crippen LogP) is 1.67. The third kappa shape index (κ3) is 3.65. The van der Waals surface area contributed by atoms with E-state index in [1.54, 1.807) is 12.3 Å². The van der Waals surface area contributed by atoms with Crippen molar-refractivity contribution in [3.8, 4) is 5.88 Å². The highest BCUT2D eigenvalue weighted by atomic mass is 16.5. The number of rotatable bonds is 5. The molecule has 0 fully saturated rings. The molecule has 2 aromatic rings. The Bertz CT molecular complexity index is 489. The monoisotopic (exact) mass is 245 g/mol. The molecule has 0 radical (unpaired) electrons. The topological polar surface area (TPSA) is 72.8 Å². The van der Waals surface area contributed by atoms with E-state index in [1.165, 1.54) is 12.7 Å². The Hall–Kier alpha value is -2.24. The number of ether oxygens (including phenoxy) is 1. The molecule has 1 N–H and O–H groups in total. The molecular weight excluding hydrogens is 230 g/mol. The summed E-state index contributed by atoms with van der Waals surface area (Å²) in [6, 6.07) is 3.61. The lowest BCUT2D eigenvalue weighted by Gasteiger charge is -2.09. The van der Waals surface area contributed by atoms with E-state index in [0.29, 0.717) is 18.2 Å². The van der Waals surface area contributed by atoms with Gasteiger partial charge in [-0.1, -0.05) is 0 Å². The third-order valence-corrected chi connectivity index (χ3v) is 2.09. The van der Waals surface area contributed by atoms with E-state index < -0.39 is 0 Å². The Morgan fingerprint density at radius 3 is 2.83 bits per heavy atom. The minimum Gasteiger partial charge on any atom is -0.475 e. The van der Waals surface area contributed by atoms with Gasteiger partial charge in [-0.15, -0.1) is 0 Å². The quantitative estimate of drug-likeness (QED) is 0.863. The lowest BCUT2D eigenvalue weighted by Crippen LogP contribution is -2.08. The Balaban J connectivity index is 1.97. The van der Waals surface area contributed by atoms with Gasteiger partial charge in [0.15, 0.2) is 0 Å². The van der Waals surface area contributed by atoms with Crippen LogP contribution in [0.1, 0.15) is 19.5 Å². The molecule has 2 rings (SSSR count). The molecule has 0 unspecified atom stereocenters. The van der Waals surface area contributed by atoms with Crippen molar-refractivity contribution in [2.45, 2.75) is 26.5 Å². The zero-order chi connectivity index (χ0) is 12.8. The third-order valence-electron chi connectivity index (χ3n) is 2.09. The smallest absolute Gasteiger partial charge is 0.218 e. The van der Waals surface area contributed by atoms with Crippen molar-refractivity contribution in [2.75, 3.05) is 5.32 Å². The van der Waals surface area contributed by atoms with E-state index >= 15 is 0 Å². The second-order valence-electron chi connectivity index (χ2n) is 3.96. The molecule has 0 atom stereocenters. The molecule has 6 nitrogen and oxygen atoms in total. The summed E-state index contributed by atoms with van der Waals surface area (Å²) in [5.74, 6) is 1.27. The predicted molar refractivity (Wildman–Crippen MR) is 67.2 cm³/mol. The summed E-state index contributed by atoms with van der Waals surface area (Å²) in [6.07, 6.45) is 4.79. The molecule has 0 bridgehead atoms. The molecule has 0 aliphatic rings. The number of anilines is 1. The fraction of sp³-hybridized carbons (Fsp3) is 0.333. The number of nitrogens with zero attached hydrogens (tertiary/aromatic N) is 4. The molecule has 18 heavy (non-hydrogen) atoms. The summed E-state index contributed by atoms with van der Waals surface area (Å²) in [7, 11) is 0. The normalized spacial score (nSPS) is 10.4. The van der Waals surface area contributed by atoms with Crippen LogP contribution in [0.4, 0.5) is 5.82 Å². The highest BCUT2D eigenvalue weighted by Crippen LogP contribution is 2.12. The Morgan fingerprint density at radius 2 is 2.11 bits per heavy atom. The van der Waals surface area contributed by atoms with Gasteiger partial charge in [0.2, 0.25) is 5.88 Å². The lowest BCUT2D eigenvalue weighted by atomic mass is 10.4. The average molecular weight is 245 g/mol. The van der Waals surface area contributed by atoms with Crippen LogP contribution in [0.3, 0.4) is 0 Å². The summed E-state index contributed by atoms with van der Waals surface area (Å²) in [4.78, 5) is 16.1. The van der Waals surface area contributed by atoms with E-state index in [4.69, 9.17) is 4.74 Å². The second kappa shape index (κ2) is 5.90. The summed E-state index contributed by atoms with van der Waals surface area (Å²) >= 11 is 0. The highest BCUT2D eigenvalue weighted by molar-refractivity contribution is 5.37. The van der Waals surface area contributed by atoms with Crippen molar-refractivity contribution in [2.24, 2.45) is 0 Å².